The predicted molar refractivity (Wildman–Crippen MR) is 57.2 cm³/mol. The normalized spacial score (nSPS) is 20.6. The number of rotatable bonds is 2. The highest BCUT2D eigenvalue weighted by Gasteiger charge is 2.17. The van der Waals surface area contributed by atoms with E-state index in [0.29, 0.717) is 17.6 Å². The second-order valence-corrected chi connectivity index (χ2v) is 3.97. The lowest BCUT2D eigenvalue weighted by Gasteiger charge is -2.06. The monoisotopic (exact) mass is 220 g/mol. The number of nitrogens with zero attached hydrogens (tertiary/aromatic N) is 2. The summed E-state index contributed by atoms with van der Waals surface area (Å²) in [5.41, 5.74) is 0.952. The van der Waals surface area contributed by atoms with Crippen molar-refractivity contribution in [3.63, 3.8) is 0 Å². The lowest BCUT2D eigenvalue weighted by atomic mass is 10.2. The lowest BCUT2D eigenvalue weighted by Crippen LogP contribution is -2.11. The second kappa shape index (κ2) is 3.71. The van der Waals surface area contributed by atoms with Crippen molar-refractivity contribution in [3.05, 3.63) is 22.5 Å². The van der Waals surface area contributed by atoms with Gasteiger partial charge in [0.25, 0.3) is 0 Å². The molecule has 0 aromatic carbocycles. The van der Waals surface area contributed by atoms with Gasteiger partial charge in [0.1, 0.15) is 11.3 Å². The minimum absolute atomic E-state index is 0.225. The molecule has 2 aromatic heterocycles. The van der Waals surface area contributed by atoms with Crippen molar-refractivity contribution in [1.29, 1.82) is 0 Å². The van der Waals surface area contributed by atoms with Crippen LogP contribution in [0.4, 0.5) is 0 Å². The molecule has 3 heterocycles. The third kappa shape index (κ3) is 1.71. The zero-order valence-electron chi connectivity index (χ0n) is 8.69. The van der Waals surface area contributed by atoms with Crippen LogP contribution in [-0.4, -0.2) is 32.6 Å². The largest absolute Gasteiger partial charge is 0.378 e. The topological polar surface area (TPSA) is 83.7 Å². The Bertz CT molecular complexity index is 553. The van der Waals surface area contributed by atoms with Crippen molar-refractivity contribution in [1.82, 2.24) is 19.9 Å². The minimum Gasteiger partial charge on any atom is -0.378 e. The standard InChI is InChI=1S/C10H12N4O2/c15-10-12-7-5-11-8(13-9(7)14-10)4-6-2-1-3-16-6/h5-6H,1-4H2,(H2,11,12,13,14,15). The van der Waals surface area contributed by atoms with Gasteiger partial charge in [-0.2, -0.15) is 0 Å². The van der Waals surface area contributed by atoms with E-state index in [2.05, 4.69) is 19.9 Å². The van der Waals surface area contributed by atoms with Gasteiger partial charge in [0.05, 0.1) is 12.3 Å². The van der Waals surface area contributed by atoms with Crippen LogP contribution in [0, 0.1) is 0 Å². The molecule has 2 aromatic rings. The molecule has 1 saturated heterocycles. The van der Waals surface area contributed by atoms with Crippen molar-refractivity contribution in [3.8, 4) is 0 Å². The minimum atomic E-state index is -0.251. The van der Waals surface area contributed by atoms with E-state index in [4.69, 9.17) is 4.74 Å². The Morgan fingerprint density at radius 2 is 2.44 bits per heavy atom. The van der Waals surface area contributed by atoms with Crippen molar-refractivity contribution in [2.45, 2.75) is 25.4 Å². The zero-order valence-corrected chi connectivity index (χ0v) is 8.69. The van der Waals surface area contributed by atoms with Crippen molar-refractivity contribution in [2.24, 2.45) is 0 Å². The molecule has 6 heteroatoms. The van der Waals surface area contributed by atoms with Gasteiger partial charge >= 0.3 is 5.69 Å². The van der Waals surface area contributed by atoms with Crippen LogP contribution in [0.2, 0.25) is 0 Å². The maximum Gasteiger partial charge on any atom is 0.325 e. The van der Waals surface area contributed by atoms with E-state index in [1.807, 2.05) is 0 Å². The van der Waals surface area contributed by atoms with Crippen LogP contribution >= 0.6 is 0 Å². The Labute approximate surface area is 91.1 Å². The number of H-pyrrole nitrogens is 2. The Morgan fingerprint density at radius 1 is 1.50 bits per heavy atom. The number of ether oxygens (including phenoxy) is 1. The smallest absolute Gasteiger partial charge is 0.325 e. The van der Waals surface area contributed by atoms with Crippen LogP contribution in [-0.2, 0) is 11.2 Å². The van der Waals surface area contributed by atoms with E-state index in [0.717, 1.165) is 25.3 Å². The molecule has 6 nitrogen and oxygen atoms in total. The molecule has 0 aliphatic carbocycles. The van der Waals surface area contributed by atoms with E-state index >= 15 is 0 Å². The number of fused-ring (bicyclic) bond motifs is 1. The van der Waals surface area contributed by atoms with Gasteiger partial charge in [0, 0.05) is 13.0 Å². The molecule has 0 saturated carbocycles. The molecule has 16 heavy (non-hydrogen) atoms. The molecule has 1 aliphatic heterocycles. The zero-order chi connectivity index (χ0) is 11.0. The summed E-state index contributed by atoms with van der Waals surface area (Å²) in [6.07, 6.45) is 4.73. The number of hydrogen-bond donors (Lipinski definition) is 2. The van der Waals surface area contributed by atoms with E-state index < -0.39 is 0 Å². The number of imidazole rings is 1. The van der Waals surface area contributed by atoms with Crippen LogP contribution in [0.1, 0.15) is 18.7 Å². The first-order chi connectivity index (χ1) is 7.81. The summed E-state index contributed by atoms with van der Waals surface area (Å²) in [5.74, 6) is 0.717. The summed E-state index contributed by atoms with van der Waals surface area (Å²) in [6, 6.07) is 0. The van der Waals surface area contributed by atoms with Gasteiger partial charge in [-0.3, -0.25) is 4.98 Å². The average Bonchev–Trinajstić information content (AvgIpc) is 2.85. The molecule has 0 spiro atoms. The SMILES string of the molecule is O=c1[nH]c2cnc(CC3CCCO3)nc2[nH]1. The Kier molecular flexibility index (Phi) is 2.21. The van der Waals surface area contributed by atoms with E-state index in [9.17, 15) is 4.79 Å². The van der Waals surface area contributed by atoms with Crippen LogP contribution in [0.5, 0.6) is 0 Å². The van der Waals surface area contributed by atoms with Crippen LogP contribution in [0.3, 0.4) is 0 Å². The van der Waals surface area contributed by atoms with Crippen LogP contribution in [0.15, 0.2) is 11.0 Å². The van der Waals surface area contributed by atoms with E-state index in [1.165, 1.54) is 0 Å². The molecule has 1 aliphatic rings. The molecule has 1 unspecified atom stereocenters. The molecule has 1 fully saturated rings. The predicted octanol–water partition coefficient (Wildman–Crippen LogP) is 0.368. The third-order valence-corrected chi connectivity index (χ3v) is 2.75. The van der Waals surface area contributed by atoms with Crippen molar-refractivity contribution < 1.29 is 4.74 Å². The first-order valence-electron chi connectivity index (χ1n) is 5.37. The number of aromatic amines is 2. The van der Waals surface area contributed by atoms with Gasteiger partial charge in [0.15, 0.2) is 5.65 Å². The van der Waals surface area contributed by atoms with Gasteiger partial charge in [-0.1, -0.05) is 0 Å². The quantitative estimate of drug-likeness (QED) is 0.765. The molecule has 0 bridgehead atoms. The summed E-state index contributed by atoms with van der Waals surface area (Å²) in [4.78, 5) is 24.8. The molecule has 2 N–H and O–H groups in total. The highest BCUT2D eigenvalue weighted by Crippen LogP contribution is 2.15. The van der Waals surface area contributed by atoms with E-state index in [-0.39, 0.29) is 11.8 Å². The van der Waals surface area contributed by atoms with Gasteiger partial charge in [-0.15, -0.1) is 0 Å². The number of nitrogens with one attached hydrogen (secondary N) is 2. The average molecular weight is 220 g/mol. The van der Waals surface area contributed by atoms with Gasteiger partial charge in [-0.25, -0.2) is 14.8 Å². The fraction of sp³-hybridized carbons (Fsp3) is 0.500. The fourth-order valence-electron chi connectivity index (χ4n) is 1.97. The fourth-order valence-corrected chi connectivity index (χ4v) is 1.97. The number of hydrogen-bond acceptors (Lipinski definition) is 4. The summed E-state index contributed by atoms with van der Waals surface area (Å²) < 4.78 is 5.51. The second-order valence-electron chi connectivity index (χ2n) is 3.97. The first kappa shape index (κ1) is 9.53. The molecular formula is C10H12N4O2. The molecular weight excluding hydrogens is 208 g/mol. The highest BCUT2D eigenvalue weighted by molar-refractivity contribution is 5.67. The molecule has 84 valence electrons. The molecule has 1 atom stereocenters. The lowest BCUT2D eigenvalue weighted by molar-refractivity contribution is 0.110. The Morgan fingerprint density at radius 3 is 3.25 bits per heavy atom. The Hall–Kier alpha value is -1.69. The molecule has 0 amide bonds. The van der Waals surface area contributed by atoms with Crippen molar-refractivity contribution >= 4 is 11.2 Å². The van der Waals surface area contributed by atoms with Gasteiger partial charge < -0.3 is 9.72 Å². The summed E-state index contributed by atoms with van der Waals surface area (Å²) >= 11 is 0. The van der Waals surface area contributed by atoms with Crippen molar-refractivity contribution in [2.75, 3.05) is 6.61 Å². The molecule has 0 radical (unpaired) electrons. The summed E-state index contributed by atoms with van der Waals surface area (Å²) in [6.45, 7) is 0.827. The highest BCUT2D eigenvalue weighted by atomic mass is 16.5. The first-order valence-corrected chi connectivity index (χ1v) is 5.37. The maximum absolute atomic E-state index is 11.0. The van der Waals surface area contributed by atoms with Gasteiger partial charge in [0.2, 0.25) is 0 Å². The van der Waals surface area contributed by atoms with E-state index in [1.54, 1.807) is 6.20 Å². The molecule has 3 rings (SSSR count). The maximum atomic E-state index is 11.0. The summed E-state index contributed by atoms with van der Waals surface area (Å²) in [5, 5.41) is 0. The van der Waals surface area contributed by atoms with Gasteiger partial charge in [-0.05, 0) is 12.8 Å². The van der Waals surface area contributed by atoms with Crippen LogP contribution in [0.25, 0.3) is 11.2 Å². The summed E-state index contributed by atoms with van der Waals surface area (Å²) in [7, 11) is 0. The Balaban J connectivity index is 1.89. The third-order valence-electron chi connectivity index (χ3n) is 2.75. The van der Waals surface area contributed by atoms with Crippen LogP contribution < -0.4 is 5.69 Å². The number of aromatic nitrogens is 4.